The molecule has 1 heterocycles. The quantitative estimate of drug-likeness (QED) is 0.839. The predicted molar refractivity (Wildman–Crippen MR) is 97.5 cm³/mol. The molecule has 24 heavy (non-hydrogen) atoms. The van der Waals surface area contributed by atoms with Gasteiger partial charge in [0.1, 0.15) is 18.5 Å². The normalized spacial score (nSPS) is 19.9. The lowest BCUT2D eigenvalue weighted by Crippen LogP contribution is -2.42. The molecule has 136 valence electrons. The van der Waals surface area contributed by atoms with Gasteiger partial charge in [0, 0.05) is 6.54 Å². The van der Waals surface area contributed by atoms with Gasteiger partial charge in [-0.25, -0.2) is 0 Å². The van der Waals surface area contributed by atoms with Crippen LogP contribution in [-0.2, 0) is 5.41 Å². The molecule has 0 saturated carbocycles. The van der Waals surface area contributed by atoms with Crippen LogP contribution >= 0.6 is 0 Å². The zero-order chi connectivity index (χ0) is 17.7. The van der Waals surface area contributed by atoms with Gasteiger partial charge in [-0.05, 0) is 61.9 Å². The van der Waals surface area contributed by atoms with Crippen molar-refractivity contribution in [1.29, 1.82) is 0 Å². The summed E-state index contributed by atoms with van der Waals surface area (Å²) >= 11 is 0. The van der Waals surface area contributed by atoms with E-state index in [1.165, 1.54) is 5.56 Å². The maximum atomic E-state index is 10.2. The fourth-order valence-corrected chi connectivity index (χ4v) is 3.21. The molecular weight excluding hydrogens is 302 g/mol. The molecule has 1 fully saturated rings. The lowest BCUT2D eigenvalue weighted by atomic mass is 9.87. The molecule has 0 aliphatic carbocycles. The zero-order valence-corrected chi connectivity index (χ0v) is 15.5. The highest BCUT2D eigenvalue weighted by Gasteiger charge is 2.24. The van der Waals surface area contributed by atoms with Crippen LogP contribution in [0.2, 0.25) is 0 Å². The summed E-state index contributed by atoms with van der Waals surface area (Å²) in [6.45, 7) is 11.2. The number of piperidine rings is 1. The van der Waals surface area contributed by atoms with Crippen molar-refractivity contribution in [1.82, 2.24) is 4.90 Å². The topological polar surface area (TPSA) is 52.9 Å². The van der Waals surface area contributed by atoms with Crippen molar-refractivity contribution in [3.8, 4) is 5.75 Å². The molecule has 1 aromatic carbocycles. The van der Waals surface area contributed by atoms with Crippen molar-refractivity contribution >= 4 is 0 Å². The summed E-state index contributed by atoms with van der Waals surface area (Å²) in [6, 6.07) is 8.12. The van der Waals surface area contributed by atoms with E-state index in [0.29, 0.717) is 19.1 Å². The smallest absolute Gasteiger partial charge is 0.119 e. The number of nitrogens with zero attached hydrogens (tertiary/aromatic N) is 1. The Morgan fingerprint density at radius 1 is 1.12 bits per heavy atom. The number of aliphatic hydroxyl groups excluding tert-OH is 2. The molecule has 0 amide bonds. The first-order valence-corrected chi connectivity index (χ1v) is 9.07. The number of hydrogen-bond donors (Lipinski definition) is 2. The van der Waals surface area contributed by atoms with Crippen LogP contribution in [0, 0.1) is 5.92 Å². The van der Waals surface area contributed by atoms with E-state index in [2.05, 4.69) is 37.8 Å². The van der Waals surface area contributed by atoms with E-state index >= 15 is 0 Å². The Balaban J connectivity index is 1.72. The summed E-state index contributed by atoms with van der Waals surface area (Å²) in [5, 5.41) is 19.8. The van der Waals surface area contributed by atoms with Gasteiger partial charge in [-0.1, -0.05) is 32.9 Å². The number of β-amino-alcohol motifs (C(OH)–C–C–N with tert-alkyl or cyclic N) is 1. The average molecular weight is 335 g/mol. The maximum Gasteiger partial charge on any atom is 0.119 e. The largest absolute Gasteiger partial charge is 0.491 e. The van der Waals surface area contributed by atoms with Gasteiger partial charge >= 0.3 is 0 Å². The second-order valence-corrected chi connectivity index (χ2v) is 8.12. The van der Waals surface area contributed by atoms with Gasteiger partial charge in [-0.15, -0.1) is 0 Å². The minimum Gasteiger partial charge on any atom is -0.491 e. The van der Waals surface area contributed by atoms with Crippen LogP contribution in [0.4, 0.5) is 0 Å². The first-order valence-electron chi connectivity index (χ1n) is 9.07. The van der Waals surface area contributed by atoms with Crippen LogP contribution < -0.4 is 4.74 Å². The standard InChI is InChI=1S/C20H33NO3/c1-15(22)16-9-11-21(12-10-16)13-18(23)14-24-19-7-5-17(6-8-19)20(2,3)4/h5-8,15-16,18,22-23H,9-14H2,1-4H3. The number of rotatable bonds is 6. The van der Waals surface area contributed by atoms with Gasteiger partial charge in [0.05, 0.1) is 6.10 Å². The molecule has 1 saturated heterocycles. The van der Waals surface area contributed by atoms with Crippen LogP contribution in [0.1, 0.15) is 46.1 Å². The average Bonchev–Trinajstić information content (AvgIpc) is 2.53. The highest BCUT2D eigenvalue weighted by Crippen LogP contribution is 2.24. The van der Waals surface area contributed by atoms with Crippen LogP contribution in [0.3, 0.4) is 0 Å². The molecule has 2 rings (SSSR count). The lowest BCUT2D eigenvalue weighted by Gasteiger charge is -2.34. The Morgan fingerprint density at radius 3 is 2.21 bits per heavy atom. The Morgan fingerprint density at radius 2 is 1.71 bits per heavy atom. The van der Waals surface area contributed by atoms with Gasteiger partial charge in [-0.3, -0.25) is 0 Å². The third-order valence-corrected chi connectivity index (χ3v) is 4.95. The Bertz CT molecular complexity index is 485. The van der Waals surface area contributed by atoms with E-state index in [9.17, 15) is 10.2 Å². The van der Waals surface area contributed by atoms with Crippen LogP contribution in [-0.4, -0.2) is 53.6 Å². The molecule has 1 aliphatic heterocycles. The maximum absolute atomic E-state index is 10.2. The minimum absolute atomic E-state index is 0.135. The summed E-state index contributed by atoms with van der Waals surface area (Å²) in [5.74, 6) is 1.20. The molecule has 0 radical (unpaired) electrons. The highest BCUT2D eigenvalue weighted by atomic mass is 16.5. The lowest BCUT2D eigenvalue weighted by molar-refractivity contribution is 0.0336. The van der Waals surface area contributed by atoms with Gasteiger partial charge in [0.2, 0.25) is 0 Å². The summed E-state index contributed by atoms with van der Waals surface area (Å²) in [5.41, 5.74) is 1.41. The highest BCUT2D eigenvalue weighted by molar-refractivity contribution is 5.31. The van der Waals surface area contributed by atoms with Crippen molar-refractivity contribution in [2.75, 3.05) is 26.2 Å². The summed E-state index contributed by atoms with van der Waals surface area (Å²) in [6.07, 6.45) is 1.28. The molecule has 1 aliphatic rings. The predicted octanol–water partition coefficient (Wildman–Crippen LogP) is 2.82. The monoisotopic (exact) mass is 335 g/mol. The Kier molecular flexibility index (Phi) is 6.67. The van der Waals surface area contributed by atoms with E-state index < -0.39 is 6.10 Å². The van der Waals surface area contributed by atoms with Gasteiger partial charge in [0.15, 0.2) is 0 Å². The van der Waals surface area contributed by atoms with Crippen molar-refractivity contribution in [2.45, 2.75) is 58.2 Å². The number of aliphatic hydroxyl groups is 2. The van der Waals surface area contributed by atoms with E-state index in [-0.39, 0.29) is 11.5 Å². The van der Waals surface area contributed by atoms with E-state index in [1.807, 2.05) is 19.1 Å². The van der Waals surface area contributed by atoms with E-state index in [4.69, 9.17) is 4.74 Å². The summed E-state index contributed by atoms with van der Waals surface area (Å²) in [4.78, 5) is 2.26. The molecule has 2 unspecified atom stereocenters. The number of likely N-dealkylation sites (tertiary alicyclic amines) is 1. The van der Waals surface area contributed by atoms with Crippen molar-refractivity contribution < 1.29 is 14.9 Å². The number of benzene rings is 1. The molecule has 0 aromatic heterocycles. The number of hydrogen-bond acceptors (Lipinski definition) is 4. The minimum atomic E-state index is -0.490. The van der Waals surface area contributed by atoms with Crippen LogP contribution in [0.15, 0.2) is 24.3 Å². The number of ether oxygens (including phenoxy) is 1. The third-order valence-electron chi connectivity index (χ3n) is 4.95. The van der Waals surface area contributed by atoms with Crippen molar-refractivity contribution in [2.24, 2.45) is 5.92 Å². The molecule has 0 bridgehead atoms. The zero-order valence-electron chi connectivity index (χ0n) is 15.5. The van der Waals surface area contributed by atoms with Crippen molar-refractivity contribution in [3.63, 3.8) is 0 Å². The fourth-order valence-electron chi connectivity index (χ4n) is 3.21. The second kappa shape index (κ2) is 8.32. The molecule has 4 heteroatoms. The second-order valence-electron chi connectivity index (χ2n) is 8.12. The molecule has 4 nitrogen and oxygen atoms in total. The fraction of sp³-hybridized carbons (Fsp3) is 0.700. The molecule has 1 aromatic rings. The van der Waals surface area contributed by atoms with E-state index in [1.54, 1.807) is 0 Å². The van der Waals surface area contributed by atoms with Gasteiger partial charge in [0.25, 0.3) is 0 Å². The third kappa shape index (κ3) is 5.76. The molecule has 0 spiro atoms. The molecule has 2 N–H and O–H groups in total. The first kappa shape index (κ1) is 19.2. The Labute approximate surface area is 146 Å². The van der Waals surface area contributed by atoms with Gasteiger partial charge < -0.3 is 19.8 Å². The SMILES string of the molecule is CC(O)C1CCN(CC(O)COc2ccc(C(C)(C)C)cc2)CC1. The first-order chi connectivity index (χ1) is 11.3. The van der Waals surface area contributed by atoms with Crippen LogP contribution in [0.25, 0.3) is 0 Å². The summed E-state index contributed by atoms with van der Waals surface area (Å²) in [7, 11) is 0. The molecular formula is C20H33NO3. The van der Waals surface area contributed by atoms with Crippen molar-refractivity contribution in [3.05, 3.63) is 29.8 Å². The summed E-state index contributed by atoms with van der Waals surface area (Å²) < 4.78 is 5.72. The molecule has 2 atom stereocenters. The van der Waals surface area contributed by atoms with Gasteiger partial charge in [-0.2, -0.15) is 0 Å². The van der Waals surface area contributed by atoms with E-state index in [0.717, 1.165) is 31.7 Å². The Hall–Kier alpha value is -1.10. The van der Waals surface area contributed by atoms with Crippen LogP contribution in [0.5, 0.6) is 5.75 Å².